The van der Waals surface area contributed by atoms with Gasteiger partial charge >= 0.3 is 0 Å². The summed E-state index contributed by atoms with van der Waals surface area (Å²) in [4.78, 5) is 31.9. The largest absolute Gasteiger partial charge is 0.378 e. The van der Waals surface area contributed by atoms with Crippen LogP contribution >= 0.6 is 11.3 Å². The van der Waals surface area contributed by atoms with Gasteiger partial charge in [0.1, 0.15) is 10.6 Å². The Balaban J connectivity index is 1.29. The Bertz CT molecular complexity index is 1450. The molecule has 1 aromatic carbocycles. The number of fused-ring (bicyclic) bond motifs is 2. The van der Waals surface area contributed by atoms with E-state index < -0.39 is 5.54 Å². The summed E-state index contributed by atoms with van der Waals surface area (Å²) in [7, 11) is 1.71. The number of hydrogen-bond acceptors (Lipinski definition) is 9. The number of aromatic nitrogens is 4. The van der Waals surface area contributed by atoms with Gasteiger partial charge in [-0.05, 0) is 26.0 Å². The smallest absolute Gasteiger partial charge is 0.239 e. The molecule has 0 saturated carbocycles. The number of anilines is 1. The number of piperazine rings is 1. The van der Waals surface area contributed by atoms with Gasteiger partial charge in [0.2, 0.25) is 5.91 Å². The molecule has 4 aromatic rings. The van der Waals surface area contributed by atoms with E-state index in [2.05, 4.69) is 42.3 Å². The Labute approximate surface area is 226 Å². The van der Waals surface area contributed by atoms with Crippen molar-refractivity contribution in [1.82, 2.24) is 35.3 Å². The summed E-state index contributed by atoms with van der Waals surface area (Å²) in [5, 5.41) is 12.2. The molecule has 2 fully saturated rings. The third kappa shape index (κ3) is 4.64. The molecular weight excluding hydrogens is 500 g/mol. The first-order valence-electron chi connectivity index (χ1n) is 13.2. The molecular formula is C27H34N8O2S. The summed E-state index contributed by atoms with van der Waals surface area (Å²) in [5.41, 5.74) is 1.46. The highest BCUT2D eigenvalue weighted by Gasteiger charge is 2.35. The summed E-state index contributed by atoms with van der Waals surface area (Å²) < 4.78 is 5.62. The molecule has 2 N–H and O–H groups in total. The summed E-state index contributed by atoms with van der Waals surface area (Å²) in [5.74, 6) is 1.77. The first-order valence-corrected chi connectivity index (χ1v) is 14.0. The highest BCUT2D eigenvalue weighted by atomic mass is 32.1. The number of ether oxygens (including phenoxy) is 1. The molecule has 10 nitrogen and oxygen atoms in total. The van der Waals surface area contributed by atoms with Crippen LogP contribution in [0.3, 0.4) is 0 Å². The molecule has 2 aliphatic heterocycles. The van der Waals surface area contributed by atoms with E-state index in [9.17, 15) is 4.79 Å². The lowest BCUT2D eigenvalue weighted by Crippen LogP contribution is -2.59. The van der Waals surface area contributed by atoms with Crippen LogP contribution in [0.1, 0.15) is 18.7 Å². The SMILES string of the molecule is CNC(=O)C(C)(C)N1CCN(Cc2cc3c(N4CCOCC4)nc(-c4cccc5[nH]ncc45)nc3s2)CC1. The van der Waals surface area contributed by atoms with E-state index in [1.54, 1.807) is 18.4 Å². The fraction of sp³-hybridized carbons (Fsp3) is 0.481. The van der Waals surface area contributed by atoms with E-state index in [1.165, 1.54) is 4.88 Å². The number of likely N-dealkylation sites (N-methyl/N-ethyl adjacent to an activating group) is 1. The number of H-pyrrole nitrogens is 1. The van der Waals surface area contributed by atoms with E-state index in [0.717, 1.165) is 84.1 Å². The summed E-state index contributed by atoms with van der Waals surface area (Å²) >= 11 is 1.75. The van der Waals surface area contributed by atoms with Gasteiger partial charge in [-0.25, -0.2) is 9.97 Å². The normalized spacial score (nSPS) is 17.9. The number of thiophene rings is 1. The predicted octanol–water partition coefficient (Wildman–Crippen LogP) is 2.71. The van der Waals surface area contributed by atoms with Crippen LogP contribution < -0.4 is 10.2 Å². The Morgan fingerprint density at radius 1 is 1.11 bits per heavy atom. The lowest BCUT2D eigenvalue weighted by atomic mass is 10.0. The number of nitrogens with one attached hydrogen (secondary N) is 2. The fourth-order valence-corrected chi connectivity index (χ4v) is 6.53. The molecule has 0 bridgehead atoms. The van der Waals surface area contributed by atoms with Crippen LogP contribution in [0.4, 0.5) is 5.82 Å². The highest BCUT2D eigenvalue weighted by Crippen LogP contribution is 2.36. The maximum atomic E-state index is 12.4. The minimum atomic E-state index is -0.505. The van der Waals surface area contributed by atoms with E-state index in [1.807, 2.05) is 32.2 Å². The maximum Gasteiger partial charge on any atom is 0.239 e. The predicted molar refractivity (Wildman–Crippen MR) is 151 cm³/mol. The van der Waals surface area contributed by atoms with Gasteiger partial charge in [-0.2, -0.15) is 5.10 Å². The minimum absolute atomic E-state index is 0.0617. The Morgan fingerprint density at radius 3 is 2.66 bits per heavy atom. The number of morpholine rings is 1. The second kappa shape index (κ2) is 10.2. The van der Waals surface area contributed by atoms with Crippen LogP contribution in [0.15, 0.2) is 30.5 Å². The lowest BCUT2D eigenvalue weighted by Gasteiger charge is -2.42. The number of benzene rings is 1. The van der Waals surface area contributed by atoms with Gasteiger partial charge < -0.3 is 15.0 Å². The van der Waals surface area contributed by atoms with Gasteiger partial charge in [-0.15, -0.1) is 11.3 Å². The van der Waals surface area contributed by atoms with E-state index in [0.29, 0.717) is 13.2 Å². The van der Waals surface area contributed by atoms with Crippen LogP contribution in [-0.2, 0) is 16.1 Å². The molecule has 11 heteroatoms. The highest BCUT2D eigenvalue weighted by molar-refractivity contribution is 7.18. The van der Waals surface area contributed by atoms with Crippen molar-refractivity contribution in [2.45, 2.75) is 25.9 Å². The molecule has 1 amide bonds. The maximum absolute atomic E-state index is 12.4. The third-order valence-electron chi connectivity index (χ3n) is 7.78. The Hall–Kier alpha value is -3.12. The summed E-state index contributed by atoms with van der Waals surface area (Å²) in [6.07, 6.45) is 1.84. The van der Waals surface area contributed by atoms with Gasteiger partial charge in [0, 0.05) is 68.7 Å². The number of rotatable bonds is 6. The zero-order chi connectivity index (χ0) is 26.3. The molecule has 3 aromatic heterocycles. The van der Waals surface area contributed by atoms with E-state index >= 15 is 0 Å². The number of nitrogens with zero attached hydrogens (tertiary/aromatic N) is 6. The quantitative estimate of drug-likeness (QED) is 0.389. The average Bonchev–Trinajstić information content (AvgIpc) is 3.59. The first kappa shape index (κ1) is 25.2. The van der Waals surface area contributed by atoms with Crippen molar-refractivity contribution in [3.8, 4) is 11.4 Å². The Morgan fingerprint density at radius 2 is 1.89 bits per heavy atom. The van der Waals surface area contributed by atoms with Crippen LogP contribution in [0.2, 0.25) is 0 Å². The fourth-order valence-electron chi connectivity index (χ4n) is 5.47. The van der Waals surface area contributed by atoms with Crippen LogP contribution in [-0.4, -0.2) is 101 Å². The molecule has 0 unspecified atom stereocenters. The monoisotopic (exact) mass is 534 g/mol. The second-order valence-electron chi connectivity index (χ2n) is 10.4. The minimum Gasteiger partial charge on any atom is -0.378 e. The lowest BCUT2D eigenvalue weighted by molar-refractivity contribution is -0.132. The molecule has 0 radical (unpaired) electrons. The van der Waals surface area contributed by atoms with Gasteiger partial charge in [-0.3, -0.25) is 19.7 Å². The van der Waals surface area contributed by atoms with Crippen molar-refractivity contribution in [2.24, 2.45) is 0 Å². The van der Waals surface area contributed by atoms with Crippen LogP contribution in [0.25, 0.3) is 32.5 Å². The number of carbonyl (C=O) groups is 1. The van der Waals surface area contributed by atoms with E-state index in [-0.39, 0.29) is 5.91 Å². The second-order valence-corrected chi connectivity index (χ2v) is 11.6. The number of amides is 1. The standard InChI is InChI=1S/C27H34N8O2S/c1-27(2,26(36)28-3)35-9-7-33(8-10-35)17-18-15-20-24(34-11-13-37-14-12-34)30-23(31-25(20)38-18)19-5-4-6-22-21(19)16-29-32-22/h4-6,15-16H,7-14,17H2,1-3H3,(H,28,36)(H,29,32). The third-order valence-corrected chi connectivity index (χ3v) is 8.80. The van der Waals surface area contributed by atoms with Crippen molar-refractivity contribution in [1.29, 1.82) is 0 Å². The van der Waals surface area contributed by atoms with Gasteiger partial charge in [0.05, 0.1) is 35.9 Å². The molecule has 38 heavy (non-hydrogen) atoms. The van der Waals surface area contributed by atoms with Crippen LogP contribution in [0.5, 0.6) is 0 Å². The van der Waals surface area contributed by atoms with Crippen molar-refractivity contribution in [3.05, 3.63) is 35.3 Å². The van der Waals surface area contributed by atoms with Crippen molar-refractivity contribution in [2.75, 3.05) is 64.4 Å². The zero-order valence-corrected chi connectivity index (χ0v) is 23.0. The number of aromatic amines is 1. The molecule has 5 heterocycles. The number of carbonyl (C=O) groups excluding carboxylic acids is 1. The topological polar surface area (TPSA) is 103 Å². The number of hydrogen-bond donors (Lipinski definition) is 2. The molecule has 0 spiro atoms. The van der Waals surface area contributed by atoms with Crippen molar-refractivity contribution < 1.29 is 9.53 Å². The Kier molecular flexibility index (Phi) is 6.77. The van der Waals surface area contributed by atoms with Gasteiger partial charge in [0.15, 0.2) is 5.82 Å². The molecule has 0 aliphatic carbocycles. The van der Waals surface area contributed by atoms with Gasteiger partial charge in [0.25, 0.3) is 0 Å². The van der Waals surface area contributed by atoms with Gasteiger partial charge in [-0.1, -0.05) is 12.1 Å². The molecule has 2 aliphatic rings. The first-order chi connectivity index (χ1) is 18.4. The zero-order valence-electron chi connectivity index (χ0n) is 22.2. The molecule has 200 valence electrons. The summed E-state index contributed by atoms with van der Waals surface area (Å²) in [6, 6.07) is 8.37. The van der Waals surface area contributed by atoms with E-state index in [4.69, 9.17) is 14.7 Å². The molecule has 2 saturated heterocycles. The molecule has 6 rings (SSSR count). The van der Waals surface area contributed by atoms with Crippen molar-refractivity contribution >= 4 is 44.2 Å². The van der Waals surface area contributed by atoms with Crippen LogP contribution in [0, 0.1) is 0 Å². The van der Waals surface area contributed by atoms with Crippen molar-refractivity contribution in [3.63, 3.8) is 0 Å². The molecule has 0 atom stereocenters. The summed E-state index contributed by atoms with van der Waals surface area (Å²) in [6.45, 7) is 11.5. The average molecular weight is 535 g/mol.